The van der Waals surface area contributed by atoms with Gasteiger partial charge in [-0.1, -0.05) is 36.4 Å². The van der Waals surface area contributed by atoms with Gasteiger partial charge in [-0.3, -0.25) is 4.98 Å². The summed E-state index contributed by atoms with van der Waals surface area (Å²) >= 11 is 0. The van der Waals surface area contributed by atoms with E-state index in [0.29, 0.717) is 0 Å². The second kappa shape index (κ2) is 6.25. The van der Waals surface area contributed by atoms with E-state index in [2.05, 4.69) is 92.4 Å². The van der Waals surface area contributed by atoms with Gasteiger partial charge in [-0.05, 0) is 54.3 Å². The molecule has 1 heterocycles. The van der Waals surface area contributed by atoms with Crippen molar-refractivity contribution in [3.05, 3.63) is 70.9 Å². The van der Waals surface area contributed by atoms with Crippen LogP contribution < -0.4 is 4.90 Å². The number of pyridine rings is 1. The third kappa shape index (κ3) is 3.11. The lowest BCUT2D eigenvalue weighted by molar-refractivity contribution is 1.13. The fourth-order valence-corrected chi connectivity index (χ4v) is 2.81. The minimum absolute atomic E-state index is 1.09. The van der Waals surface area contributed by atoms with Crippen LogP contribution in [0.3, 0.4) is 0 Å². The molecule has 3 aromatic rings. The quantitative estimate of drug-likeness (QED) is 0.670. The van der Waals surface area contributed by atoms with Gasteiger partial charge in [0.05, 0.1) is 5.52 Å². The maximum atomic E-state index is 4.55. The lowest BCUT2D eigenvalue weighted by Gasteiger charge is -2.11. The molecule has 0 bridgehead atoms. The fourth-order valence-electron chi connectivity index (χ4n) is 2.81. The van der Waals surface area contributed by atoms with Gasteiger partial charge in [-0.25, -0.2) is 0 Å². The SMILES string of the molecule is Cc1ccc(C)c2c(/C=C/c3ccc(N(C)C)cc3)ccnc12. The van der Waals surface area contributed by atoms with E-state index >= 15 is 0 Å². The summed E-state index contributed by atoms with van der Waals surface area (Å²) in [4.78, 5) is 6.66. The molecule has 0 atom stereocenters. The predicted molar refractivity (Wildman–Crippen MR) is 101 cm³/mol. The van der Waals surface area contributed by atoms with Crippen LogP contribution in [0.5, 0.6) is 0 Å². The predicted octanol–water partition coefficient (Wildman–Crippen LogP) is 5.09. The molecular weight excluding hydrogens is 280 g/mol. The van der Waals surface area contributed by atoms with E-state index in [9.17, 15) is 0 Å². The highest BCUT2D eigenvalue weighted by Gasteiger charge is 2.05. The first-order chi connectivity index (χ1) is 11.1. The third-order valence-electron chi connectivity index (χ3n) is 4.20. The zero-order chi connectivity index (χ0) is 16.4. The standard InChI is InChI=1S/C21H22N2/c1-15-5-6-16(2)21-20(15)18(13-14-22-21)10-7-17-8-11-19(12-9-17)23(3)4/h5-14H,1-4H3/b10-7+. The van der Waals surface area contributed by atoms with Gasteiger partial charge in [-0.15, -0.1) is 0 Å². The summed E-state index contributed by atoms with van der Waals surface area (Å²) in [5.41, 5.74) is 7.20. The highest BCUT2D eigenvalue weighted by atomic mass is 15.1. The van der Waals surface area contributed by atoms with Crippen LogP contribution in [0.15, 0.2) is 48.7 Å². The Kier molecular flexibility index (Phi) is 4.16. The number of nitrogens with zero attached hydrogens (tertiary/aromatic N) is 2. The first-order valence-corrected chi connectivity index (χ1v) is 7.86. The van der Waals surface area contributed by atoms with Gasteiger partial charge >= 0.3 is 0 Å². The molecule has 0 spiro atoms. The van der Waals surface area contributed by atoms with Crippen molar-refractivity contribution in [2.45, 2.75) is 13.8 Å². The van der Waals surface area contributed by atoms with Crippen LogP contribution in [-0.4, -0.2) is 19.1 Å². The molecule has 2 nitrogen and oxygen atoms in total. The summed E-state index contributed by atoms with van der Waals surface area (Å²) < 4.78 is 0. The first kappa shape index (κ1) is 15.3. The smallest absolute Gasteiger partial charge is 0.0739 e. The Morgan fingerprint density at radius 1 is 0.826 bits per heavy atom. The average Bonchev–Trinajstić information content (AvgIpc) is 2.56. The van der Waals surface area contributed by atoms with Gasteiger partial charge in [0.2, 0.25) is 0 Å². The molecule has 2 heteroatoms. The van der Waals surface area contributed by atoms with Crippen LogP contribution in [0.25, 0.3) is 23.1 Å². The number of anilines is 1. The minimum atomic E-state index is 1.09. The molecule has 0 saturated heterocycles. The van der Waals surface area contributed by atoms with Crippen LogP contribution in [0.2, 0.25) is 0 Å². The first-order valence-electron chi connectivity index (χ1n) is 7.86. The van der Waals surface area contributed by atoms with Crippen molar-refractivity contribution in [1.82, 2.24) is 4.98 Å². The van der Waals surface area contributed by atoms with Gasteiger partial charge in [0, 0.05) is 31.4 Å². The summed E-state index contributed by atoms with van der Waals surface area (Å²) in [7, 11) is 4.11. The maximum absolute atomic E-state index is 4.55. The average molecular weight is 302 g/mol. The van der Waals surface area contributed by atoms with Crippen molar-refractivity contribution in [2.75, 3.05) is 19.0 Å². The number of hydrogen-bond donors (Lipinski definition) is 0. The van der Waals surface area contributed by atoms with Gasteiger partial charge in [0.15, 0.2) is 0 Å². The molecule has 116 valence electrons. The van der Waals surface area contributed by atoms with E-state index in [1.54, 1.807) is 0 Å². The van der Waals surface area contributed by atoms with Crippen molar-refractivity contribution in [2.24, 2.45) is 0 Å². The van der Waals surface area contributed by atoms with Crippen molar-refractivity contribution < 1.29 is 0 Å². The Balaban J connectivity index is 1.99. The van der Waals surface area contributed by atoms with E-state index in [1.165, 1.54) is 33.3 Å². The highest BCUT2D eigenvalue weighted by Crippen LogP contribution is 2.25. The number of hydrogen-bond acceptors (Lipinski definition) is 2. The molecule has 0 N–H and O–H groups in total. The molecular formula is C21H22N2. The second-order valence-electron chi connectivity index (χ2n) is 6.14. The van der Waals surface area contributed by atoms with Crippen LogP contribution in [0.1, 0.15) is 22.3 Å². The number of rotatable bonds is 3. The number of aryl methyl sites for hydroxylation is 2. The number of fused-ring (bicyclic) bond motifs is 1. The zero-order valence-electron chi connectivity index (χ0n) is 14.2. The summed E-state index contributed by atoms with van der Waals surface area (Å²) in [5.74, 6) is 0. The Hall–Kier alpha value is -2.61. The van der Waals surface area contributed by atoms with E-state index < -0.39 is 0 Å². The molecule has 2 aromatic carbocycles. The van der Waals surface area contributed by atoms with Gasteiger partial charge in [-0.2, -0.15) is 0 Å². The van der Waals surface area contributed by atoms with Crippen molar-refractivity contribution in [1.29, 1.82) is 0 Å². The van der Waals surface area contributed by atoms with Crippen molar-refractivity contribution in [3.63, 3.8) is 0 Å². The van der Waals surface area contributed by atoms with Gasteiger partial charge in [0.25, 0.3) is 0 Å². The lowest BCUT2D eigenvalue weighted by Crippen LogP contribution is -2.07. The Labute approximate surface area is 138 Å². The molecule has 0 saturated carbocycles. The van der Waals surface area contributed by atoms with Crippen LogP contribution in [0.4, 0.5) is 5.69 Å². The zero-order valence-corrected chi connectivity index (χ0v) is 14.2. The molecule has 1 aromatic heterocycles. The lowest BCUT2D eigenvalue weighted by atomic mass is 10.00. The molecule has 23 heavy (non-hydrogen) atoms. The normalized spacial score (nSPS) is 11.3. The Bertz CT molecular complexity index is 859. The molecule has 0 radical (unpaired) electrons. The van der Waals surface area contributed by atoms with E-state index in [-0.39, 0.29) is 0 Å². The molecule has 0 fully saturated rings. The summed E-state index contributed by atoms with van der Waals surface area (Å²) in [6, 6.07) is 15.0. The second-order valence-corrected chi connectivity index (χ2v) is 6.14. The van der Waals surface area contributed by atoms with Crippen LogP contribution >= 0.6 is 0 Å². The third-order valence-corrected chi connectivity index (χ3v) is 4.20. The highest BCUT2D eigenvalue weighted by molar-refractivity contribution is 5.94. The summed E-state index contributed by atoms with van der Waals surface area (Å²) in [5, 5.41) is 1.24. The van der Waals surface area contributed by atoms with Crippen molar-refractivity contribution >= 4 is 28.7 Å². The Morgan fingerprint density at radius 3 is 2.22 bits per heavy atom. The minimum Gasteiger partial charge on any atom is -0.378 e. The van der Waals surface area contributed by atoms with E-state index in [1.807, 2.05) is 6.20 Å². The van der Waals surface area contributed by atoms with Gasteiger partial charge < -0.3 is 4.90 Å². The molecule has 0 aliphatic carbocycles. The Morgan fingerprint density at radius 2 is 1.52 bits per heavy atom. The van der Waals surface area contributed by atoms with Crippen LogP contribution in [-0.2, 0) is 0 Å². The largest absolute Gasteiger partial charge is 0.378 e. The monoisotopic (exact) mass is 302 g/mol. The van der Waals surface area contributed by atoms with E-state index in [4.69, 9.17) is 0 Å². The van der Waals surface area contributed by atoms with Gasteiger partial charge in [0.1, 0.15) is 0 Å². The van der Waals surface area contributed by atoms with Crippen molar-refractivity contribution in [3.8, 4) is 0 Å². The maximum Gasteiger partial charge on any atom is 0.0739 e. The molecule has 0 aliphatic heterocycles. The summed E-state index contributed by atoms with van der Waals surface area (Å²) in [6.07, 6.45) is 6.24. The number of benzene rings is 2. The summed E-state index contributed by atoms with van der Waals surface area (Å²) in [6.45, 7) is 4.26. The topological polar surface area (TPSA) is 16.1 Å². The molecule has 0 unspecified atom stereocenters. The molecule has 0 aliphatic rings. The van der Waals surface area contributed by atoms with Crippen LogP contribution in [0, 0.1) is 13.8 Å². The number of aromatic nitrogens is 1. The molecule has 0 amide bonds. The van der Waals surface area contributed by atoms with E-state index in [0.717, 1.165) is 5.52 Å². The fraction of sp³-hybridized carbons (Fsp3) is 0.190. The molecule has 3 rings (SSSR count).